The highest BCUT2D eigenvalue weighted by molar-refractivity contribution is 5.77. The summed E-state index contributed by atoms with van der Waals surface area (Å²) in [5.74, 6) is 1.86. The van der Waals surface area contributed by atoms with Crippen molar-refractivity contribution in [2.45, 2.75) is 46.0 Å². The molecule has 1 fully saturated rings. The predicted octanol–water partition coefficient (Wildman–Crippen LogP) is 3.00. The second kappa shape index (κ2) is 8.92. The second-order valence-corrected chi connectivity index (χ2v) is 6.84. The van der Waals surface area contributed by atoms with Crippen molar-refractivity contribution in [3.8, 4) is 5.75 Å². The number of carbonyl (C=O) groups is 1. The molecule has 1 aliphatic heterocycles. The highest BCUT2D eigenvalue weighted by Crippen LogP contribution is 2.27. The van der Waals surface area contributed by atoms with Gasteiger partial charge in [0, 0.05) is 6.54 Å². The van der Waals surface area contributed by atoms with Gasteiger partial charge < -0.3 is 15.4 Å². The molecule has 1 aromatic rings. The zero-order valence-corrected chi connectivity index (χ0v) is 14.7. The summed E-state index contributed by atoms with van der Waals surface area (Å²) in [5.41, 5.74) is 2.30. The van der Waals surface area contributed by atoms with Gasteiger partial charge in [0.05, 0.1) is 0 Å². The summed E-state index contributed by atoms with van der Waals surface area (Å²) in [5, 5.41) is 6.38. The Labute approximate surface area is 140 Å². The Bertz CT molecular complexity index is 508. The van der Waals surface area contributed by atoms with E-state index in [0.29, 0.717) is 11.8 Å². The SMILES string of the molecule is Cc1ccc(C(C)C)c(OCC(=O)NCCC2CCCNC2)c1. The molecule has 0 spiro atoms. The topological polar surface area (TPSA) is 50.4 Å². The Hall–Kier alpha value is -1.55. The van der Waals surface area contributed by atoms with Crippen molar-refractivity contribution in [3.05, 3.63) is 29.3 Å². The molecule has 1 saturated heterocycles. The third-order valence-electron chi connectivity index (χ3n) is 4.42. The maximum Gasteiger partial charge on any atom is 0.257 e. The predicted molar refractivity (Wildman–Crippen MR) is 94.0 cm³/mol. The van der Waals surface area contributed by atoms with E-state index in [2.05, 4.69) is 36.6 Å². The molecule has 1 heterocycles. The molecule has 4 nitrogen and oxygen atoms in total. The van der Waals surface area contributed by atoms with Gasteiger partial charge in [-0.15, -0.1) is 0 Å². The molecule has 0 aromatic heterocycles. The van der Waals surface area contributed by atoms with E-state index in [1.807, 2.05) is 13.0 Å². The van der Waals surface area contributed by atoms with Crippen LogP contribution in [0.25, 0.3) is 0 Å². The van der Waals surface area contributed by atoms with Crippen LogP contribution >= 0.6 is 0 Å². The summed E-state index contributed by atoms with van der Waals surface area (Å²) in [4.78, 5) is 12.0. The minimum atomic E-state index is -0.0371. The van der Waals surface area contributed by atoms with E-state index in [1.165, 1.54) is 12.8 Å². The summed E-state index contributed by atoms with van der Waals surface area (Å²) in [6.07, 6.45) is 3.55. The lowest BCUT2D eigenvalue weighted by atomic mass is 9.96. The number of amides is 1. The van der Waals surface area contributed by atoms with E-state index in [0.717, 1.165) is 42.9 Å². The molecule has 2 rings (SSSR count). The first-order valence-electron chi connectivity index (χ1n) is 8.77. The Morgan fingerprint density at radius 2 is 2.26 bits per heavy atom. The van der Waals surface area contributed by atoms with E-state index in [9.17, 15) is 4.79 Å². The van der Waals surface area contributed by atoms with Crippen molar-refractivity contribution >= 4 is 5.91 Å². The monoisotopic (exact) mass is 318 g/mol. The Kier molecular flexibility index (Phi) is 6.90. The summed E-state index contributed by atoms with van der Waals surface area (Å²) in [6.45, 7) is 9.34. The van der Waals surface area contributed by atoms with Crippen LogP contribution in [0, 0.1) is 12.8 Å². The fraction of sp³-hybridized carbons (Fsp3) is 0.632. The number of nitrogens with one attached hydrogen (secondary N) is 2. The van der Waals surface area contributed by atoms with Gasteiger partial charge in [0.1, 0.15) is 5.75 Å². The third kappa shape index (κ3) is 5.87. The average molecular weight is 318 g/mol. The summed E-state index contributed by atoms with van der Waals surface area (Å²) in [7, 11) is 0. The summed E-state index contributed by atoms with van der Waals surface area (Å²) in [6, 6.07) is 6.18. The molecule has 0 radical (unpaired) electrons. The van der Waals surface area contributed by atoms with Crippen LogP contribution in [0.5, 0.6) is 5.75 Å². The molecule has 0 bridgehead atoms. The standard InChI is InChI=1S/C19H30N2O2/c1-14(2)17-7-6-15(3)11-18(17)23-13-19(22)21-10-8-16-5-4-9-20-12-16/h6-7,11,14,16,20H,4-5,8-10,12-13H2,1-3H3,(H,21,22). The Morgan fingerprint density at radius 1 is 1.43 bits per heavy atom. The number of aryl methyl sites for hydroxylation is 1. The van der Waals surface area contributed by atoms with Gasteiger partial charge in [0.15, 0.2) is 6.61 Å². The average Bonchev–Trinajstić information content (AvgIpc) is 2.53. The van der Waals surface area contributed by atoms with Crippen molar-refractivity contribution in [1.82, 2.24) is 10.6 Å². The third-order valence-corrected chi connectivity index (χ3v) is 4.42. The number of piperidine rings is 1. The fourth-order valence-electron chi connectivity index (χ4n) is 3.02. The minimum absolute atomic E-state index is 0.0371. The van der Waals surface area contributed by atoms with Crippen molar-refractivity contribution in [3.63, 3.8) is 0 Å². The molecular weight excluding hydrogens is 288 g/mol. The van der Waals surface area contributed by atoms with Gasteiger partial charge in [-0.25, -0.2) is 0 Å². The van der Waals surface area contributed by atoms with Crippen LogP contribution in [0.4, 0.5) is 0 Å². The molecule has 23 heavy (non-hydrogen) atoms. The van der Waals surface area contributed by atoms with Gasteiger partial charge in [-0.3, -0.25) is 4.79 Å². The molecular formula is C19H30N2O2. The molecule has 0 aliphatic carbocycles. The lowest BCUT2D eigenvalue weighted by Crippen LogP contribution is -2.34. The molecule has 0 saturated carbocycles. The number of hydrogen-bond donors (Lipinski definition) is 2. The zero-order chi connectivity index (χ0) is 16.7. The van der Waals surface area contributed by atoms with Crippen LogP contribution in [0.3, 0.4) is 0 Å². The van der Waals surface area contributed by atoms with Crippen LogP contribution in [-0.4, -0.2) is 32.1 Å². The first-order valence-corrected chi connectivity index (χ1v) is 8.77. The minimum Gasteiger partial charge on any atom is -0.483 e. The first-order chi connectivity index (χ1) is 11.1. The van der Waals surface area contributed by atoms with Crippen LogP contribution < -0.4 is 15.4 Å². The molecule has 1 atom stereocenters. The maximum absolute atomic E-state index is 12.0. The van der Waals surface area contributed by atoms with Gasteiger partial charge in [-0.1, -0.05) is 26.0 Å². The lowest BCUT2D eigenvalue weighted by molar-refractivity contribution is -0.123. The van der Waals surface area contributed by atoms with E-state index < -0.39 is 0 Å². The quantitative estimate of drug-likeness (QED) is 0.812. The number of hydrogen-bond acceptors (Lipinski definition) is 3. The summed E-state index contributed by atoms with van der Waals surface area (Å²) < 4.78 is 5.76. The first kappa shape index (κ1) is 17.8. The van der Waals surface area contributed by atoms with Crippen LogP contribution in [0.2, 0.25) is 0 Å². The van der Waals surface area contributed by atoms with Crippen LogP contribution in [0.1, 0.15) is 50.2 Å². The van der Waals surface area contributed by atoms with Crippen LogP contribution in [-0.2, 0) is 4.79 Å². The summed E-state index contributed by atoms with van der Waals surface area (Å²) >= 11 is 0. The lowest BCUT2D eigenvalue weighted by Gasteiger charge is -2.22. The number of benzene rings is 1. The van der Waals surface area contributed by atoms with Gasteiger partial charge in [-0.05, 0) is 68.3 Å². The number of rotatable bonds is 7. The highest BCUT2D eigenvalue weighted by Gasteiger charge is 2.13. The second-order valence-electron chi connectivity index (χ2n) is 6.84. The number of carbonyl (C=O) groups excluding carboxylic acids is 1. The van der Waals surface area contributed by atoms with Gasteiger partial charge in [-0.2, -0.15) is 0 Å². The van der Waals surface area contributed by atoms with E-state index in [1.54, 1.807) is 0 Å². The molecule has 1 amide bonds. The maximum atomic E-state index is 12.0. The highest BCUT2D eigenvalue weighted by atomic mass is 16.5. The smallest absolute Gasteiger partial charge is 0.257 e. The van der Waals surface area contributed by atoms with Crippen molar-refractivity contribution in [2.24, 2.45) is 5.92 Å². The molecule has 2 N–H and O–H groups in total. The van der Waals surface area contributed by atoms with Crippen LogP contribution in [0.15, 0.2) is 18.2 Å². The van der Waals surface area contributed by atoms with Gasteiger partial charge >= 0.3 is 0 Å². The van der Waals surface area contributed by atoms with Crippen molar-refractivity contribution in [2.75, 3.05) is 26.2 Å². The molecule has 128 valence electrons. The van der Waals surface area contributed by atoms with Gasteiger partial charge in [0.25, 0.3) is 5.91 Å². The Morgan fingerprint density at radius 3 is 2.96 bits per heavy atom. The zero-order valence-electron chi connectivity index (χ0n) is 14.7. The molecule has 1 aliphatic rings. The Balaban J connectivity index is 1.74. The largest absolute Gasteiger partial charge is 0.483 e. The van der Waals surface area contributed by atoms with E-state index in [4.69, 9.17) is 4.74 Å². The number of ether oxygens (including phenoxy) is 1. The fourth-order valence-corrected chi connectivity index (χ4v) is 3.02. The van der Waals surface area contributed by atoms with Crippen molar-refractivity contribution in [1.29, 1.82) is 0 Å². The molecule has 1 aromatic carbocycles. The van der Waals surface area contributed by atoms with E-state index in [-0.39, 0.29) is 12.5 Å². The molecule has 4 heteroatoms. The van der Waals surface area contributed by atoms with Gasteiger partial charge in [0.2, 0.25) is 0 Å². The molecule has 1 unspecified atom stereocenters. The van der Waals surface area contributed by atoms with Crippen molar-refractivity contribution < 1.29 is 9.53 Å². The van der Waals surface area contributed by atoms with E-state index >= 15 is 0 Å². The normalized spacial score (nSPS) is 18.0.